The molecule has 0 atom stereocenters. The molecule has 5 nitrogen and oxygen atoms in total. The van der Waals surface area contributed by atoms with Crippen LogP contribution in [0.2, 0.25) is 0 Å². The second-order valence-corrected chi connectivity index (χ2v) is 4.87. The summed E-state index contributed by atoms with van der Waals surface area (Å²) in [5, 5.41) is 11.6. The van der Waals surface area contributed by atoms with E-state index < -0.39 is 5.76 Å². The first-order chi connectivity index (χ1) is 8.53. The van der Waals surface area contributed by atoms with Crippen molar-refractivity contribution in [3.05, 3.63) is 34.3 Å². The standard InChI is InChI=1S/C13H15N3O2/c1-13(2,8-15-6-5-14)9-3-4-10-11(7-9)18-12(17)16-10/h3-4,7,15H,6,8H2,1-2H3,(H,16,17). The van der Waals surface area contributed by atoms with E-state index in [2.05, 4.69) is 24.1 Å². The van der Waals surface area contributed by atoms with E-state index in [1.165, 1.54) is 0 Å². The van der Waals surface area contributed by atoms with E-state index >= 15 is 0 Å². The van der Waals surface area contributed by atoms with Crippen molar-refractivity contribution >= 4 is 11.1 Å². The van der Waals surface area contributed by atoms with E-state index in [-0.39, 0.29) is 5.41 Å². The van der Waals surface area contributed by atoms with Crippen LogP contribution in [0.25, 0.3) is 11.1 Å². The molecule has 0 spiro atoms. The van der Waals surface area contributed by atoms with Crippen LogP contribution < -0.4 is 11.1 Å². The Bertz CT molecular complexity index is 646. The minimum atomic E-state index is -0.442. The zero-order valence-electron chi connectivity index (χ0n) is 10.4. The molecular weight excluding hydrogens is 230 g/mol. The van der Waals surface area contributed by atoms with Gasteiger partial charge in [0.15, 0.2) is 5.58 Å². The Morgan fingerprint density at radius 1 is 1.50 bits per heavy atom. The Hall–Kier alpha value is -2.06. The first-order valence-electron chi connectivity index (χ1n) is 5.74. The number of nitriles is 1. The van der Waals surface area contributed by atoms with Crippen LogP contribution in [0.1, 0.15) is 19.4 Å². The molecular formula is C13H15N3O2. The summed E-state index contributed by atoms with van der Waals surface area (Å²) in [6.45, 7) is 5.15. The van der Waals surface area contributed by atoms with Crippen LogP contribution in [-0.2, 0) is 5.41 Å². The summed E-state index contributed by atoms with van der Waals surface area (Å²) >= 11 is 0. The normalized spacial score (nSPS) is 11.6. The molecule has 2 rings (SSSR count). The Morgan fingerprint density at radius 2 is 2.28 bits per heavy atom. The maximum Gasteiger partial charge on any atom is 0.417 e. The molecule has 0 saturated heterocycles. The second-order valence-electron chi connectivity index (χ2n) is 4.87. The van der Waals surface area contributed by atoms with Crippen LogP contribution in [0.5, 0.6) is 0 Å². The topological polar surface area (TPSA) is 81.8 Å². The van der Waals surface area contributed by atoms with Crippen molar-refractivity contribution in [2.75, 3.05) is 13.1 Å². The van der Waals surface area contributed by atoms with Crippen LogP contribution in [0.3, 0.4) is 0 Å². The number of aromatic nitrogens is 1. The highest BCUT2D eigenvalue weighted by atomic mass is 16.4. The van der Waals surface area contributed by atoms with Gasteiger partial charge in [0.1, 0.15) is 0 Å². The van der Waals surface area contributed by atoms with Gasteiger partial charge in [0.25, 0.3) is 0 Å². The van der Waals surface area contributed by atoms with Crippen molar-refractivity contribution in [3.8, 4) is 6.07 Å². The van der Waals surface area contributed by atoms with Gasteiger partial charge in [-0.25, -0.2) is 4.79 Å². The Morgan fingerprint density at radius 3 is 3.00 bits per heavy atom. The molecule has 0 radical (unpaired) electrons. The van der Waals surface area contributed by atoms with E-state index in [9.17, 15) is 4.79 Å². The molecule has 0 aliphatic rings. The smallest absolute Gasteiger partial charge is 0.408 e. The highest BCUT2D eigenvalue weighted by Crippen LogP contribution is 2.25. The monoisotopic (exact) mass is 245 g/mol. The molecule has 18 heavy (non-hydrogen) atoms. The molecule has 2 N–H and O–H groups in total. The highest BCUT2D eigenvalue weighted by molar-refractivity contribution is 5.73. The molecule has 1 aromatic carbocycles. The molecule has 94 valence electrons. The maximum absolute atomic E-state index is 11.1. The molecule has 0 aliphatic carbocycles. The van der Waals surface area contributed by atoms with Crippen LogP contribution in [0, 0.1) is 11.3 Å². The fourth-order valence-corrected chi connectivity index (χ4v) is 1.90. The molecule has 0 fully saturated rings. The van der Waals surface area contributed by atoms with Gasteiger partial charge in [-0.15, -0.1) is 0 Å². The lowest BCUT2D eigenvalue weighted by Crippen LogP contribution is -2.33. The largest absolute Gasteiger partial charge is 0.417 e. The minimum Gasteiger partial charge on any atom is -0.408 e. The van der Waals surface area contributed by atoms with Crippen LogP contribution in [-0.4, -0.2) is 18.1 Å². The molecule has 5 heteroatoms. The number of aromatic amines is 1. The molecule has 0 saturated carbocycles. The summed E-state index contributed by atoms with van der Waals surface area (Å²) in [5.41, 5.74) is 2.18. The number of hydrogen-bond donors (Lipinski definition) is 2. The second kappa shape index (κ2) is 4.67. The van der Waals surface area contributed by atoms with Crippen molar-refractivity contribution in [2.45, 2.75) is 19.3 Å². The van der Waals surface area contributed by atoms with Gasteiger partial charge in [-0.05, 0) is 17.7 Å². The first kappa shape index (κ1) is 12.4. The fraction of sp³-hybridized carbons (Fsp3) is 0.385. The van der Waals surface area contributed by atoms with Crippen LogP contribution in [0.15, 0.2) is 27.4 Å². The van der Waals surface area contributed by atoms with Crippen molar-refractivity contribution < 1.29 is 4.42 Å². The van der Waals surface area contributed by atoms with Gasteiger partial charge in [0, 0.05) is 12.0 Å². The Labute approximate surface area is 104 Å². The van der Waals surface area contributed by atoms with Gasteiger partial charge in [-0.3, -0.25) is 4.98 Å². The molecule has 2 aromatic rings. The van der Waals surface area contributed by atoms with Gasteiger partial charge >= 0.3 is 5.76 Å². The van der Waals surface area contributed by atoms with Gasteiger partial charge in [0.2, 0.25) is 0 Å². The number of oxazole rings is 1. The summed E-state index contributed by atoms with van der Waals surface area (Å²) < 4.78 is 5.05. The molecule has 0 unspecified atom stereocenters. The van der Waals surface area contributed by atoms with Crippen molar-refractivity contribution in [1.82, 2.24) is 10.3 Å². The quantitative estimate of drug-likeness (QED) is 0.632. The predicted molar refractivity (Wildman–Crippen MR) is 68.3 cm³/mol. The predicted octanol–water partition coefficient (Wildman–Crippen LogP) is 1.51. The third-order valence-corrected chi connectivity index (χ3v) is 2.97. The Balaban J connectivity index is 2.29. The number of hydrogen-bond acceptors (Lipinski definition) is 4. The summed E-state index contributed by atoms with van der Waals surface area (Å²) in [5.74, 6) is -0.442. The fourth-order valence-electron chi connectivity index (χ4n) is 1.90. The van der Waals surface area contributed by atoms with E-state index in [1.807, 2.05) is 24.3 Å². The van der Waals surface area contributed by atoms with Gasteiger partial charge < -0.3 is 9.73 Å². The average molecular weight is 245 g/mol. The minimum absolute atomic E-state index is 0.138. The SMILES string of the molecule is CC(C)(CNCC#N)c1ccc2[nH]c(=O)oc2c1. The molecule has 1 heterocycles. The average Bonchev–Trinajstić information content (AvgIpc) is 2.68. The lowest BCUT2D eigenvalue weighted by molar-refractivity contribution is 0.483. The number of nitrogens with zero attached hydrogens (tertiary/aromatic N) is 1. The highest BCUT2D eigenvalue weighted by Gasteiger charge is 2.21. The number of fused-ring (bicyclic) bond motifs is 1. The molecule has 0 bridgehead atoms. The van der Waals surface area contributed by atoms with Crippen molar-refractivity contribution in [3.63, 3.8) is 0 Å². The summed E-state index contributed by atoms with van der Waals surface area (Å²) in [7, 11) is 0. The first-order valence-corrected chi connectivity index (χ1v) is 5.74. The van der Waals surface area contributed by atoms with Gasteiger partial charge in [0.05, 0.1) is 18.1 Å². The third-order valence-electron chi connectivity index (χ3n) is 2.97. The lowest BCUT2D eigenvalue weighted by Gasteiger charge is -2.25. The summed E-state index contributed by atoms with van der Waals surface area (Å²) in [6, 6.07) is 7.71. The van der Waals surface area contributed by atoms with Crippen LogP contribution >= 0.6 is 0 Å². The van der Waals surface area contributed by atoms with Crippen molar-refractivity contribution in [1.29, 1.82) is 5.26 Å². The molecule has 1 aromatic heterocycles. The summed E-state index contributed by atoms with van der Waals surface area (Å²) in [6.07, 6.45) is 0. The van der Waals surface area contributed by atoms with Crippen LogP contribution in [0.4, 0.5) is 0 Å². The van der Waals surface area contributed by atoms with E-state index in [0.29, 0.717) is 24.2 Å². The lowest BCUT2D eigenvalue weighted by atomic mass is 9.84. The van der Waals surface area contributed by atoms with Crippen molar-refractivity contribution in [2.24, 2.45) is 0 Å². The zero-order valence-corrected chi connectivity index (χ0v) is 10.4. The Kier molecular flexibility index (Phi) is 3.21. The number of H-pyrrole nitrogens is 1. The van der Waals surface area contributed by atoms with E-state index in [0.717, 1.165) is 5.56 Å². The number of nitrogens with one attached hydrogen (secondary N) is 2. The molecule has 0 aliphatic heterocycles. The third kappa shape index (κ3) is 2.44. The van der Waals surface area contributed by atoms with E-state index in [4.69, 9.17) is 9.68 Å². The van der Waals surface area contributed by atoms with Gasteiger partial charge in [-0.1, -0.05) is 19.9 Å². The van der Waals surface area contributed by atoms with Gasteiger partial charge in [-0.2, -0.15) is 5.26 Å². The molecule has 0 amide bonds. The number of benzene rings is 1. The maximum atomic E-state index is 11.1. The summed E-state index contributed by atoms with van der Waals surface area (Å²) in [4.78, 5) is 13.7. The zero-order chi connectivity index (χ0) is 13.2. The van der Waals surface area contributed by atoms with E-state index in [1.54, 1.807) is 0 Å². The number of rotatable bonds is 4.